The fourth-order valence-electron chi connectivity index (χ4n) is 2.62. The number of carbonyl (C=O) groups excluding carboxylic acids is 1. The van der Waals surface area contributed by atoms with Crippen LogP contribution in [0.2, 0.25) is 0 Å². The Balaban J connectivity index is 1.87. The van der Waals surface area contributed by atoms with Crippen LogP contribution in [0.3, 0.4) is 0 Å². The molecule has 0 fully saturated rings. The molecule has 22 heavy (non-hydrogen) atoms. The number of halogens is 1. The minimum absolute atomic E-state index is 0.165. The molecule has 0 aliphatic rings. The van der Waals surface area contributed by atoms with Crippen molar-refractivity contribution >= 4 is 16.7 Å². The van der Waals surface area contributed by atoms with Crippen molar-refractivity contribution in [2.24, 2.45) is 0 Å². The minimum atomic E-state index is -0.412. The van der Waals surface area contributed by atoms with Crippen LogP contribution in [0.15, 0.2) is 66.7 Å². The van der Waals surface area contributed by atoms with E-state index in [9.17, 15) is 9.18 Å². The molecule has 0 saturated carbocycles. The van der Waals surface area contributed by atoms with E-state index < -0.39 is 5.82 Å². The van der Waals surface area contributed by atoms with E-state index in [0.717, 1.165) is 16.3 Å². The highest BCUT2D eigenvalue weighted by molar-refractivity contribution is 5.95. The number of hydrogen-bond acceptors (Lipinski definition) is 1. The van der Waals surface area contributed by atoms with Crippen molar-refractivity contribution in [1.82, 2.24) is 5.32 Å². The number of fused-ring (bicyclic) bond motifs is 1. The summed E-state index contributed by atoms with van der Waals surface area (Å²) >= 11 is 0. The lowest BCUT2D eigenvalue weighted by atomic mass is 9.99. The zero-order valence-corrected chi connectivity index (χ0v) is 12.2. The van der Waals surface area contributed by atoms with Crippen LogP contribution in [-0.4, -0.2) is 5.91 Å². The Labute approximate surface area is 128 Å². The molecule has 0 bridgehead atoms. The van der Waals surface area contributed by atoms with Gasteiger partial charge in [-0.05, 0) is 41.5 Å². The molecule has 0 aromatic heterocycles. The van der Waals surface area contributed by atoms with Gasteiger partial charge in [0.1, 0.15) is 5.82 Å². The van der Waals surface area contributed by atoms with Gasteiger partial charge < -0.3 is 5.32 Å². The van der Waals surface area contributed by atoms with Gasteiger partial charge in [0, 0.05) is 5.56 Å². The molecule has 3 rings (SSSR count). The Bertz CT molecular complexity index is 823. The van der Waals surface area contributed by atoms with Gasteiger partial charge in [-0.25, -0.2) is 4.39 Å². The summed E-state index contributed by atoms with van der Waals surface area (Å²) in [6.07, 6.45) is 0. The van der Waals surface area contributed by atoms with Crippen molar-refractivity contribution < 1.29 is 9.18 Å². The van der Waals surface area contributed by atoms with Crippen molar-refractivity contribution in [3.8, 4) is 0 Å². The smallest absolute Gasteiger partial charge is 0.251 e. The van der Waals surface area contributed by atoms with Gasteiger partial charge in [-0.3, -0.25) is 4.79 Å². The lowest BCUT2D eigenvalue weighted by Gasteiger charge is -2.16. The van der Waals surface area contributed by atoms with E-state index in [1.54, 1.807) is 6.07 Å². The molecule has 110 valence electrons. The molecular weight excluding hydrogens is 277 g/mol. The Morgan fingerprint density at radius 3 is 2.55 bits per heavy atom. The second kappa shape index (κ2) is 5.98. The summed E-state index contributed by atoms with van der Waals surface area (Å²) < 4.78 is 13.2. The van der Waals surface area contributed by atoms with Crippen LogP contribution in [0, 0.1) is 5.82 Å². The Morgan fingerprint density at radius 2 is 1.73 bits per heavy atom. The molecule has 1 atom stereocenters. The SMILES string of the molecule is CC(NC(=O)c1cccc(F)c1)c1cccc2ccccc12. The standard InChI is InChI=1S/C19H16FNO/c1-13(21-19(22)15-8-4-9-16(20)12-15)17-11-5-7-14-6-2-3-10-18(14)17/h2-13H,1H3,(H,21,22). The topological polar surface area (TPSA) is 29.1 Å². The normalized spacial score (nSPS) is 12.1. The molecule has 1 amide bonds. The predicted octanol–water partition coefficient (Wildman–Crippen LogP) is 4.47. The second-order valence-electron chi connectivity index (χ2n) is 5.27. The summed E-state index contributed by atoms with van der Waals surface area (Å²) in [5.74, 6) is -0.689. The van der Waals surface area contributed by atoms with Crippen LogP contribution < -0.4 is 5.32 Å². The van der Waals surface area contributed by atoms with E-state index in [1.165, 1.54) is 18.2 Å². The monoisotopic (exact) mass is 293 g/mol. The Kier molecular flexibility index (Phi) is 3.88. The first-order valence-electron chi connectivity index (χ1n) is 7.19. The number of hydrogen-bond donors (Lipinski definition) is 1. The summed E-state index contributed by atoms with van der Waals surface area (Å²) in [7, 11) is 0. The maximum atomic E-state index is 13.2. The summed E-state index contributed by atoms with van der Waals surface area (Å²) in [5.41, 5.74) is 1.37. The average Bonchev–Trinajstić information content (AvgIpc) is 2.54. The number of benzene rings is 3. The third-order valence-electron chi connectivity index (χ3n) is 3.72. The molecule has 3 aromatic carbocycles. The first kappa shape index (κ1) is 14.3. The fraction of sp³-hybridized carbons (Fsp3) is 0.105. The van der Waals surface area contributed by atoms with Crippen molar-refractivity contribution in [2.45, 2.75) is 13.0 Å². The van der Waals surface area contributed by atoms with Crippen molar-refractivity contribution in [2.75, 3.05) is 0 Å². The average molecular weight is 293 g/mol. The van der Waals surface area contributed by atoms with Gasteiger partial charge in [0.2, 0.25) is 0 Å². The number of nitrogens with one attached hydrogen (secondary N) is 1. The van der Waals surface area contributed by atoms with Crippen LogP contribution in [0.4, 0.5) is 4.39 Å². The van der Waals surface area contributed by atoms with E-state index in [1.807, 2.05) is 49.4 Å². The third-order valence-corrected chi connectivity index (χ3v) is 3.72. The van der Waals surface area contributed by atoms with Gasteiger partial charge in [-0.15, -0.1) is 0 Å². The number of rotatable bonds is 3. The zero-order valence-electron chi connectivity index (χ0n) is 12.2. The van der Waals surface area contributed by atoms with E-state index >= 15 is 0 Å². The molecule has 1 unspecified atom stereocenters. The molecule has 0 heterocycles. The van der Waals surface area contributed by atoms with Crippen molar-refractivity contribution in [3.63, 3.8) is 0 Å². The molecule has 0 saturated heterocycles. The molecule has 0 radical (unpaired) electrons. The lowest BCUT2D eigenvalue weighted by Crippen LogP contribution is -2.26. The summed E-state index contributed by atoms with van der Waals surface area (Å²) in [6.45, 7) is 1.93. The number of amides is 1. The Hall–Kier alpha value is -2.68. The van der Waals surface area contributed by atoms with E-state index in [0.29, 0.717) is 5.56 Å². The van der Waals surface area contributed by atoms with E-state index in [-0.39, 0.29) is 11.9 Å². The maximum Gasteiger partial charge on any atom is 0.251 e. The summed E-state index contributed by atoms with van der Waals surface area (Å²) in [6, 6.07) is 19.6. The van der Waals surface area contributed by atoms with Gasteiger partial charge in [0.25, 0.3) is 5.91 Å². The Morgan fingerprint density at radius 1 is 1.00 bits per heavy atom. The molecule has 0 aliphatic carbocycles. The molecule has 1 N–H and O–H groups in total. The highest BCUT2D eigenvalue weighted by Gasteiger charge is 2.13. The van der Waals surface area contributed by atoms with Gasteiger partial charge in [-0.2, -0.15) is 0 Å². The van der Waals surface area contributed by atoms with E-state index in [2.05, 4.69) is 5.32 Å². The third kappa shape index (κ3) is 2.84. The zero-order chi connectivity index (χ0) is 15.5. The van der Waals surface area contributed by atoms with Crippen molar-refractivity contribution in [1.29, 1.82) is 0 Å². The first-order valence-corrected chi connectivity index (χ1v) is 7.19. The maximum absolute atomic E-state index is 13.2. The molecule has 0 aliphatic heterocycles. The van der Waals surface area contributed by atoms with Crippen molar-refractivity contribution in [3.05, 3.63) is 83.7 Å². The highest BCUT2D eigenvalue weighted by atomic mass is 19.1. The quantitative estimate of drug-likeness (QED) is 0.758. The van der Waals surface area contributed by atoms with E-state index in [4.69, 9.17) is 0 Å². The van der Waals surface area contributed by atoms with Crippen LogP contribution in [0.5, 0.6) is 0 Å². The second-order valence-corrected chi connectivity index (χ2v) is 5.27. The van der Waals surface area contributed by atoms with Gasteiger partial charge in [0.05, 0.1) is 6.04 Å². The molecule has 3 heteroatoms. The molecule has 2 nitrogen and oxygen atoms in total. The first-order chi connectivity index (χ1) is 10.6. The van der Waals surface area contributed by atoms with Crippen LogP contribution in [-0.2, 0) is 0 Å². The van der Waals surface area contributed by atoms with Gasteiger partial charge >= 0.3 is 0 Å². The lowest BCUT2D eigenvalue weighted by molar-refractivity contribution is 0.0939. The van der Waals surface area contributed by atoms with Gasteiger partial charge in [-0.1, -0.05) is 48.5 Å². The summed E-state index contributed by atoms with van der Waals surface area (Å²) in [5, 5.41) is 5.17. The minimum Gasteiger partial charge on any atom is -0.345 e. The molecule has 0 spiro atoms. The predicted molar refractivity (Wildman–Crippen MR) is 86.2 cm³/mol. The summed E-state index contributed by atoms with van der Waals surface area (Å²) in [4.78, 5) is 12.2. The highest BCUT2D eigenvalue weighted by Crippen LogP contribution is 2.24. The molecular formula is C19H16FNO. The largest absolute Gasteiger partial charge is 0.345 e. The molecule has 3 aromatic rings. The van der Waals surface area contributed by atoms with Crippen LogP contribution >= 0.6 is 0 Å². The number of carbonyl (C=O) groups is 1. The van der Waals surface area contributed by atoms with Gasteiger partial charge in [0.15, 0.2) is 0 Å². The van der Waals surface area contributed by atoms with Crippen LogP contribution in [0.1, 0.15) is 28.9 Å². The van der Waals surface area contributed by atoms with Crippen LogP contribution in [0.25, 0.3) is 10.8 Å². The fourth-order valence-corrected chi connectivity index (χ4v) is 2.62.